The highest BCUT2D eigenvalue weighted by atomic mass is 32.2. The van der Waals surface area contributed by atoms with Gasteiger partial charge in [0.05, 0.1) is 12.1 Å². The van der Waals surface area contributed by atoms with Crippen LogP contribution >= 0.6 is 11.8 Å². The van der Waals surface area contributed by atoms with Gasteiger partial charge in [-0.1, -0.05) is 0 Å². The molecule has 0 saturated carbocycles. The van der Waals surface area contributed by atoms with Crippen molar-refractivity contribution in [1.29, 1.82) is 0 Å². The van der Waals surface area contributed by atoms with Gasteiger partial charge in [-0.3, -0.25) is 4.79 Å². The Bertz CT molecular complexity index is 214. The predicted molar refractivity (Wildman–Crippen MR) is 62.8 cm³/mol. The van der Waals surface area contributed by atoms with Crippen LogP contribution in [0, 0.1) is 0 Å². The Morgan fingerprint density at radius 2 is 2.47 bits per heavy atom. The Balaban J connectivity index is 2.37. The molecule has 0 spiro atoms. The lowest BCUT2D eigenvalue weighted by Crippen LogP contribution is -2.49. The highest BCUT2D eigenvalue weighted by Gasteiger charge is 2.25. The first-order valence-corrected chi connectivity index (χ1v) is 6.76. The van der Waals surface area contributed by atoms with Crippen LogP contribution in [0.5, 0.6) is 0 Å². The van der Waals surface area contributed by atoms with Gasteiger partial charge in [0.1, 0.15) is 0 Å². The first-order chi connectivity index (χ1) is 7.15. The molecule has 1 rings (SSSR count). The Morgan fingerprint density at radius 3 is 3.07 bits per heavy atom. The molecule has 0 bridgehead atoms. The topological polar surface area (TPSA) is 66.6 Å². The largest absolute Gasteiger partial charge is 0.391 e. The van der Waals surface area contributed by atoms with Crippen LogP contribution in [0.1, 0.15) is 19.3 Å². The molecule has 1 amide bonds. The maximum atomic E-state index is 11.8. The summed E-state index contributed by atoms with van der Waals surface area (Å²) in [5.41, 5.74) is 5.79. The third kappa shape index (κ3) is 4.01. The van der Waals surface area contributed by atoms with Gasteiger partial charge in [0.15, 0.2) is 0 Å². The zero-order valence-corrected chi connectivity index (χ0v) is 10.0. The number of rotatable bonds is 4. The van der Waals surface area contributed by atoms with Crippen LogP contribution in [0.3, 0.4) is 0 Å². The molecular formula is C10H20N2O2S. The van der Waals surface area contributed by atoms with Crippen molar-refractivity contribution < 1.29 is 9.90 Å². The first kappa shape index (κ1) is 12.8. The van der Waals surface area contributed by atoms with Crippen molar-refractivity contribution >= 4 is 17.7 Å². The fraction of sp³-hybridized carbons (Fsp3) is 0.900. The average Bonchev–Trinajstić information content (AvgIpc) is 2.24. The van der Waals surface area contributed by atoms with Crippen LogP contribution in [0.25, 0.3) is 0 Å². The van der Waals surface area contributed by atoms with E-state index < -0.39 is 6.04 Å². The zero-order valence-electron chi connectivity index (χ0n) is 9.19. The van der Waals surface area contributed by atoms with Gasteiger partial charge in [-0.15, -0.1) is 0 Å². The summed E-state index contributed by atoms with van der Waals surface area (Å²) >= 11 is 1.69. The second-order valence-corrected chi connectivity index (χ2v) is 4.95. The molecular weight excluding hydrogens is 212 g/mol. The molecule has 0 aromatic heterocycles. The minimum Gasteiger partial charge on any atom is -0.391 e. The van der Waals surface area contributed by atoms with Gasteiger partial charge in [-0.2, -0.15) is 11.8 Å². The highest BCUT2D eigenvalue weighted by Crippen LogP contribution is 2.11. The maximum Gasteiger partial charge on any atom is 0.239 e. The molecule has 1 unspecified atom stereocenters. The van der Waals surface area contributed by atoms with Crippen LogP contribution in [0.4, 0.5) is 0 Å². The molecule has 0 aliphatic carbocycles. The normalized spacial score (nSPS) is 23.9. The van der Waals surface area contributed by atoms with Crippen molar-refractivity contribution in [3.63, 3.8) is 0 Å². The number of hydrogen-bond donors (Lipinski definition) is 2. The fourth-order valence-electron chi connectivity index (χ4n) is 1.76. The van der Waals surface area contributed by atoms with Gasteiger partial charge in [-0.05, 0) is 31.3 Å². The van der Waals surface area contributed by atoms with Gasteiger partial charge >= 0.3 is 0 Å². The Hall–Kier alpha value is -0.260. The van der Waals surface area contributed by atoms with E-state index in [1.165, 1.54) is 0 Å². The number of nitrogens with two attached hydrogens (primary N) is 1. The van der Waals surface area contributed by atoms with Gasteiger partial charge in [0, 0.05) is 13.1 Å². The molecule has 0 aromatic rings. The number of aliphatic hydroxyl groups excluding tert-OH is 1. The van der Waals surface area contributed by atoms with Crippen LogP contribution in [0.2, 0.25) is 0 Å². The molecule has 1 saturated heterocycles. The third-order valence-electron chi connectivity index (χ3n) is 2.66. The maximum absolute atomic E-state index is 11.8. The van der Waals surface area contributed by atoms with Crippen LogP contribution < -0.4 is 5.73 Å². The zero-order chi connectivity index (χ0) is 11.3. The van der Waals surface area contributed by atoms with Gasteiger partial charge in [-0.25, -0.2) is 0 Å². The van der Waals surface area contributed by atoms with E-state index in [1.54, 1.807) is 16.7 Å². The Kier molecular flexibility index (Phi) is 5.42. The smallest absolute Gasteiger partial charge is 0.239 e. The number of carbonyl (C=O) groups is 1. The lowest BCUT2D eigenvalue weighted by Gasteiger charge is -2.31. The molecule has 1 aliphatic rings. The monoisotopic (exact) mass is 232 g/mol. The molecule has 0 radical (unpaired) electrons. The number of piperidine rings is 1. The summed E-state index contributed by atoms with van der Waals surface area (Å²) in [7, 11) is 0. The van der Waals surface area contributed by atoms with E-state index in [-0.39, 0.29) is 12.0 Å². The summed E-state index contributed by atoms with van der Waals surface area (Å²) in [4.78, 5) is 13.5. The second kappa shape index (κ2) is 6.35. The molecule has 0 aromatic carbocycles. The van der Waals surface area contributed by atoms with Crippen molar-refractivity contribution in [2.75, 3.05) is 25.1 Å². The van der Waals surface area contributed by atoms with Crippen molar-refractivity contribution in [2.45, 2.75) is 31.4 Å². The Labute approximate surface area is 95.2 Å². The summed E-state index contributed by atoms with van der Waals surface area (Å²) < 4.78 is 0. The molecule has 1 aliphatic heterocycles. The molecule has 1 heterocycles. The number of amides is 1. The van der Waals surface area contributed by atoms with Crippen LogP contribution in [-0.2, 0) is 4.79 Å². The van der Waals surface area contributed by atoms with E-state index in [1.807, 2.05) is 6.26 Å². The van der Waals surface area contributed by atoms with Gasteiger partial charge in [0.2, 0.25) is 5.91 Å². The van der Waals surface area contributed by atoms with Crippen LogP contribution in [-0.4, -0.2) is 53.2 Å². The van der Waals surface area contributed by atoms with Gasteiger partial charge in [0.25, 0.3) is 0 Å². The number of aliphatic hydroxyl groups is 1. The number of carbonyl (C=O) groups excluding carboxylic acids is 1. The van der Waals surface area contributed by atoms with E-state index in [0.29, 0.717) is 13.0 Å². The van der Waals surface area contributed by atoms with Crippen molar-refractivity contribution in [1.82, 2.24) is 4.90 Å². The van der Waals surface area contributed by atoms with Crippen molar-refractivity contribution in [2.24, 2.45) is 5.73 Å². The average molecular weight is 232 g/mol. The van der Waals surface area contributed by atoms with E-state index in [4.69, 9.17) is 5.73 Å². The van der Waals surface area contributed by atoms with Gasteiger partial charge < -0.3 is 15.7 Å². The molecule has 5 heteroatoms. The fourth-order valence-corrected chi connectivity index (χ4v) is 2.25. The lowest BCUT2D eigenvalue weighted by molar-refractivity contribution is -0.135. The summed E-state index contributed by atoms with van der Waals surface area (Å²) in [6.45, 7) is 1.19. The summed E-state index contributed by atoms with van der Waals surface area (Å²) in [6, 6.07) is -0.400. The van der Waals surface area contributed by atoms with E-state index >= 15 is 0 Å². The standard InChI is InChI=1S/C10H20N2O2S/c1-15-6-4-9(11)10(14)12-5-2-3-8(13)7-12/h8-9,13H,2-7,11H2,1H3/t8?,9-/m0/s1. The molecule has 2 atom stereocenters. The number of likely N-dealkylation sites (tertiary alicyclic amines) is 1. The van der Waals surface area contributed by atoms with Crippen LogP contribution in [0.15, 0.2) is 0 Å². The summed E-state index contributed by atoms with van der Waals surface area (Å²) in [5, 5.41) is 9.45. The SMILES string of the molecule is CSCC[C@H](N)C(=O)N1CCCC(O)C1. The third-order valence-corrected chi connectivity index (χ3v) is 3.30. The molecule has 15 heavy (non-hydrogen) atoms. The first-order valence-electron chi connectivity index (χ1n) is 5.36. The lowest BCUT2D eigenvalue weighted by atomic mass is 10.1. The highest BCUT2D eigenvalue weighted by molar-refractivity contribution is 7.98. The Morgan fingerprint density at radius 1 is 1.73 bits per heavy atom. The molecule has 88 valence electrons. The number of hydrogen-bond acceptors (Lipinski definition) is 4. The van der Waals surface area contributed by atoms with Crippen molar-refractivity contribution in [3.05, 3.63) is 0 Å². The minimum absolute atomic E-state index is 0.0113. The number of β-amino-alcohol motifs (C(OH)–C–C–N with tert-alkyl or cyclic N) is 1. The van der Waals surface area contributed by atoms with Crippen molar-refractivity contribution in [3.8, 4) is 0 Å². The minimum atomic E-state index is -0.400. The quantitative estimate of drug-likeness (QED) is 0.719. The molecule has 4 nitrogen and oxygen atoms in total. The number of thioether (sulfide) groups is 1. The number of nitrogens with zero attached hydrogens (tertiary/aromatic N) is 1. The predicted octanol–water partition coefficient (Wildman–Crippen LogP) is 0.0501. The summed E-state index contributed by atoms with van der Waals surface area (Å²) in [6.07, 6.45) is 4.02. The molecule has 3 N–H and O–H groups in total. The van der Waals surface area contributed by atoms with E-state index in [9.17, 15) is 9.90 Å². The molecule has 1 fully saturated rings. The summed E-state index contributed by atoms with van der Waals surface area (Å²) in [5.74, 6) is 0.895. The second-order valence-electron chi connectivity index (χ2n) is 3.97. The van der Waals surface area contributed by atoms with E-state index in [2.05, 4.69) is 0 Å². The van der Waals surface area contributed by atoms with E-state index in [0.717, 1.165) is 25.1 Å².